The van der Waals surface area contributed by atoms with E-state index in [9.17, 15) is 0 Å². The highest BCUT2D eigenvalue weighted by Gasteiger charge is 1.95. The quantitative estimate of drug-likeness (QED) is 0.642. The molecule has 0 aromatic carbocycles. The standard InChI is InChI=1S/C10H17N.C2H6/c1-5-9(6-2)10(7-3)8-11-4;1-2/h5,7,11H,1,3,6,8H2,2,4H3;1-2H3/b10-9-;. The first-order valence-corrected chi connectivity index (χ1v) is 4.91. The molecule has 0 radical (unpaired) electrons. The van der Waals surface area contributed by atoms with Crippen molar-refractivity contribution in [1.29, 1.82) is 0 Å². The first-order chi connectivity index (χ1) is 6.29. The fraction of sp³-hybridized carbons (Fsp3) is 0.500. The van der Waals surface area contributed by atoms with Crippen LogP contribution in [0.3, 0.4) is 0 Å². The van der Waals surface area contributed by atoms with E-state index in [1.165, 1.54) is 11.1 Å². The van der Waals surface area contributed by atoms with Crippen LogP contribution in [0.2, 0.25) is 0 Å². The smallest absolute Gasteiger partial charge is 0.0205 e. The maximum absolute atomic E-state index is 3.75. The van der Waals surface area contributed by atoms with Gasteiger partial charge in [0.15, 0.2) is 0 Å². The summed E-state index contributed by atoms with van der Waals surface area (Å²) < 4.78 is 0. The fourth-order valence-corrected chi connectivity index (χ4v) is 1.01. The Morgan fingerprint density at radius 1 is 1.15 bits per heavy atom. The van der Waals surface area contributed by atoms with E-state index in [1.54, 1.807) is 0 Å². The molecule has 0 rings (SSSR count). The molecule has 1 heteroatoms. The summed E-state index contributed by atoms with van der Waals surface area (Å²) in [5.41, 5.74) is 2.51. The van der Waals surface area contributed by atoms with Gasteiger partial charge in [0.1, 0.15) is 0 Å². The maximum atomic E-state index is 3.75. The number of hydrogen-bond donors (Lipinski definition) is 1. The Morgan fingerprint density at radius 3 is 1.85 bits per heavy atom. The molecule has 0 aromatic rings. The lowest BCUT2D eigenvalue weighted by Crippen LogP contribution is -2.10. The maximum Gasteiger partial charge on any atom is 0.0205 e. The predicted molar refractivity (Wildman–Crippen MR) is 63.0 cm³/mol. The molecule has 1 N–H and O–H groups in total. The van der Waals surface area contributed by atoms with Crippen LogP contribution in [0.25, 0.3) is 0 Å². The first kappa shape index (κ1) is 14.7. The molecule has 0 aliphatic carbocycles. The SMILES string of the molecule is C=C/C(CC)=C(\C=C)CNC.CC. The van der Waals surface area contributed by atoms with Crippen LogP contribution in [0.15, 0.2) is 36.5 Å². The second kappa shape index (κ2) is 11.2. The molecule has 0 aliphatic rings. The zero-order valence-corrected chi connectivity index (χ0v) is 9.48. The van der Waals surface area contributed by atoms with Crippen LogP contribution in [0.5, 0.6) is 0 Å². The van der Waals surface area contributed by atoms with Gasteiger partial charge in [-0.15, -0.1) is 0 Å². The van der Waals surface area contributed by atoms with E-state index in [2.05, 4.69) is 25.4 Å². The summed E-state index contributed by atoms with van der Waals surface area (Å²) in [5, 5.41) is 3.09. The summed E-state index contributed by atoms with van der Waals surface area (Å²) >= 11 is 0. The lowest BCUT2D eigenvalue weighted by molar-refractivity contribution is 0.882. The van der Waals surface area contributed by atoms with Gasteiger partial charge in [0.05, 0.1) is 0 Å². The number of nitrogens with one attached hydrogen (secondary N) is 1. The van der Waals surface area contributed by atoms with Crippen molar-refractivity contribution < 1.29 is 0 Å². The molecule has 0 saturated heterocycles. The van der Waals surface area contributed by atoms with Crippen LogP contribution < -0.4 is 5.32 Å². The molecule has 0 unspecified atom stereocenters. The molecule has 0 fully saturated rings. The minimum atomic E-state index is 0.874. The van der Waals surface area contributed by atoms with Gasteiger partial charge in [0.25, 0.3) is 0 Å². The van der Waals surface area contributed by atoms with Crippen LogP contribution in [0, 0.1) is 0 Å². The summed E-state index contributed by atoms with van der Waals surface area (Å²) in [6, 6.07) is 0. The monoisotopic (exact) mass is 181 g/mol. The van der Waals surface area contributed by atoms with Gasteiger partial charge in [0, 0.05) is 6.54 Å². The van der Waals surface area contributed by atoms with Gasteiger partial charge in [-0.3, -0.25) is 0 Å². The summed E-state index contributed by atoms with van der Waals surface area (Å²) in [5.74, 6) is 0. The van der Waals surface area contributed by atoms with Crippen molar-refractivity contribution >= 4 is 0 Å². The lowest BCUT2D eigenvalue weighted by atomic mass is 10.1. The van der Waals surface area contributed by atoms with Gasteiger partial charge in [-0.25, -0.2) is 0 Å². The van der Waals surface area contributed by atoms with E-state index < -0.39 is 0 Å². The highest BCUT2D eigenvalue weighted by Crippen LogP contribution is 2.09. The molecule has 76 valence electrons. The Hall–Kier alpha value is -0.820. The molecule has 13 heavy (non-hydrogen) atoms. The second-order valence-corrected chi connectivity index (χ2v) is 2.34. The van der Waals surface area contributed by atoms with E-state index in [0.717, 1.165) is 13.0 Å². The van der Waals surface area contributed by atoms with E-state index >= 15 is 0 Å². The van der Waals surface area contributed by atoms with Gasteiger partial charge < -0.3 is 5.32 Å². The molecule has 0 amide bonds. The molecule has 0 spiro atoms. The highest BCUT2D eigenvalue weighted by molar-refractivity contribution is 5.31. The predicted octanol–water partition coefficient (Wildman–Crippen LogP) is 3.31. The number of hydrogen-bond acceptors (Lipinski definition) is 1. The third kappa shape index (κ3) is 6.35. The molecule has 0 saturated carbocycles. The summed E-state index contributed by atoms with van der Waals surface area (Å²) in [6.07, 6.45) is 4.80. The second-order valence-electron chi connectivity index (χ2n) is 2.34. The topological polar surface area (TPSA) is 12.0 Å². The molecule has 0 heterocycles. The van der Waals surface area contributed by atoms with Crippen molar-refractivity contribution in [3.63, 3.8) is 0 Å². The number of likely N-dealkylation sites (N-methyl/N-ethyl adjacent to an activating group) is 1. The molecule has 0 bridgehead atoms. The van der Waals surface area contributed by atoms with Crippen LogP contribution in [-0.4, -0.2) is 13.6 Å². The van der Waals surface area contributed by atoms with E-state index in [1.807, 2.05) is 33.0 Å². The fourth-order valence-electron chi connectivity index (χ4n) is 1.01. The van der Waals surface area contributed by atoms with Crippen molar-refractivity contribution in [2.75, 3.05) is 13.6 Å². The normalized spacial score (nSPS) is 10.8. The van der Waals surface area contributed by atoms with Gasteiger partial charge in [-0.05, 0) is 24.6 Å². The highest BCUT2D eigenvalue weighted by atomic mass is 14.8. The van der Waals surface area contributed by atoms with Crippen LogP contribution in [-0.2, 0) is 0 Å². The largest absolute Gasteiger partial charge is 0.316 e. The molecule has 1 nitrogen and oxygen atoms in total. The Balaban J connectivity index is 0. The lowest BCUT2D eigenvalue weighted by Gasteiger charge is -2.05. The van der Waals surface area contributed by atoms with Crippen LogP contribution >= 0.6 is 0 Å². The average molecular weight is 181 g/mol. The zero-order chi connectivity index (χ0) is 10.7. The molecule has 0 aromatic heterocycles. The van der Waals surface area contributed by atoms with Gasteiger partial charge in [0.2, 0.25) is 0 Å². The first-order valence-electron chi connectivity index (χ1n) is 4.91. The molecule has 0 aliphatic heterocycles. The summed E-state index contributed by atoms with van der Waals surface area (Å²) in [7, 11) is 1.93. The zero-order valence-electron chi connectivity index (χ0n) is 9.48. The summed E-state index contributed by atoms with van der Waals surface area (Å²) in [6.45, 7) is 14.5. The van der Waals surface area contributed by atoms with Crippen molar-refractivity contribution in [3.05, 3.63) is 36.5 Å². The van der Waals surface area contributed by atoms with Gasteiger partial charge in [-0.2, -0.15) is 0 Å². The Labute approximate surface area is 83.2 Å². The third-order valence-electron chi connectivity index (χ3n) is 1.65. The van der Waals surface area contributed by atoms with E-state index in [-0.39, 0.29) is 0 Å². The minimum Gasteiger partial charge on any atom is -0.316 e. The molecular weight excluding hydrogens is 158 g/mol. The minimum absolute atomic E-state index is 0.874. The Bertz CT molecular complexity index is 166. The third-order valence-corrected chi connectivity index (χ3v) is 1.65. The van der Waals surface area contributed by atoms with Gasteiger partial charge >= 0.3 is 0 Å². The average Bonchev–Trinajstić information content (AvgIpc) is 2.21. The Morgan fingerprint density at radius 2 is 1.62 bits per heavy atom. The van der Waals surface area contributed by atoms with Crippen LogP contribution in [0.1, 0.15) is 27.2 Å². The molecule has 0 atom stereocenters. The number of allylic oxidation sites excluding steroid dienone is 2. The van der Waals surface area contributed by atoms with Crippen molar-refractivity contribution in [1.82, 2.24) is 5.32 Å². The van der Waals surface area contributed by atoms with Crippen molar-refractivity contribution in [2.45, 2.75) is 27.2 Å². The number of rotatable bonds is 5. The van der Waals surface area contributed by atoms with E-state index in [4.69, 9.17) is 0 Å². The van der Waals surface area contributed by atoms with E-state index in [0.29, 0.717) is 0 Å². The summed E-state index contributed by atoms with van der Waals surface area (Å²) in [4.78, 5) is 0. The Kier molecular flexibility index (Phi) is 12.6. The van der Waals surface area contributed by atoms with Crippen LogP contribution in [0.4, 0.5) is 0 Å². The molecular formula is C12H23N. The van der Waals surface area contributed by atoms with Crippen molar-refractivity contribution in [2.24, 2.45) is 0 Å². The van der Waals surface area contributed by atoms with Gasteiger partial charge in [-0.1, -0.05) is 46.1 Å². The van der Waals surface area contributed by atoms with Crippen molar-refractivity contribution in [3.8, 4) is 0 Å².